The molecular weight excluding hydrogens is 400 g/mol. The second-order valence-electron chi connectivity index (χ2n) is 6.44. The molecule has 0 bridgehead atoms. The first-order valence-corrected chi connectivity index (χ1v) is 9.80. The van der Waals surface area contributed by atoms with Crippen molar-refractivity contribution in [2.75, 3.05) is 11.8 Å². The lowest BCUT2D eigenvalue weighted by Crippen LogP contribution is -2.40. The van der Waals surface area contributed by atoms with Crippen LogP contribution in [0.5, 0.6) is 5.75 Å². The molecule has 29 heavy (non-hydrogen) atoms. The summed E-state index contributed by atoms with van der Waals surface area (Å²) in [4.78, 5) is 34.7. The fraction of sp³-hybridized carbons (Fsp3) is 0.167. The van der Waals surface area contributed by atoms with Crippen LogP contribution in [0.25, 0.3) is 0 Å². The van der Waals surface area contributed by atoms with Crippen molar-refractivity contribution in [1.29, 1.82) is 0 Å². The van der Waals surface area contributed by atoms with E-state index in [-0.39, 0.29) is 21.9 Å². The van der Waals surface area contributed by atoms with Gasteiger partial charge in [0.15, 0.2) is 0 Å². The minimum absolute atomic E-state index is 0.0679. The molecule has 0 radical (unpaired) electrons. The molecule has 4 amide bonds. The van der Waals surface area contributed by atoms with E-state index in [4.69, 9.17) is 10.5 Å². The Labute approximate surface area is 166 Å². The van der Waals surface area contributed by atoms with Crippen LogP contribution < -0.4 is 25.8 Å². The first-order valence-electron chi connectivity index (χ1n) is 8.31. The normalized spacial score (nSPS) is 18.7. The number of methoxy groups -OCH3 is 1. The van der Waals surface area contributed by atoms with Crippen LogP contribution in [0.4, 0.5) is 10.5 Å². The standard InChI is InChI=1S/C18H18N4O6S/c1-18(16(24)20-17(25)21-18)10-3-5-11(6-4-10)22-29(26,27)12-7-8-14(28-2)13(9-12)15(19)23/h3-9,22H,1-2H3,(H2,19,23)(H2,20,21,24,25). The number of hydrogen-bond acceptors (Lipinski definition) is 6. The smallest absolute Gasteiger partial charge is 0.322 e. The monoisotopic (exact) mass is 418 g/mol. The third-order valence-electron chi connectivity index (χ3n) is 4.51. The molecule has 5 N–H and O–H groups in total. The molecule has 152 valence electrons. The Morgan fingerprint density at radius 3 is 2.31 bits per heavy atom. The maximum absolute atomic E-state index is 12.7. The van der Waals surface area contributed by atoms with Gasteiger partial charge < -0.3 is 15.8 Å². The molecule has 0 aliphatic carbocycles. The van der Waals surface area contributed by atoms with Gasteiger partial charge in [-0.1, -0.05) is 12.1 Å². The van der Waals surface area contributed by atoms with Crippen LogP contribution in [0.15, 0.2) is 47.4 Å². The van der Waals surface area contributed by atoms with E-state index in [2.05, 4.69) is 15.4 Å². The minimum Gasteiger partial charge on any atom is -0.496 e. The summed E-state index contributed by atoms with van der Waals surface area (Å²) in [6.07, 6.45) is 0. The second kappa shape index (κ2) is 7.09. The zero-order chi connectivity index (χ0) is 21.4. The van der Waals surface area contributed by atoms with Gasteiger partial charge in [-0.25, -0.2) is 13.2 Å². The maximum atomic E-state index is 12.7. The summed E-state index contributed by atoms with van der Waals surface area (Å²) < 4.78 is 32.7. The lowest BCUT2D eigenvalue weighted by Gasteiger charge is -2.21. The van der Waals surface area contributed by atoms with Crippen molar-refractivity contribution in [2.24, 2.45) is 5.73 Å². The van der Waals surface area contributed by atoms with Gasteiger partial charge in [0.1, 0.15) is 11.3 Å². The number of urea groups is 1. The highest BCUT2D eigenvalue weighted by molar-refractivity contribution is 7.92. The number of sulfonamides is 1. The van der Waals surface area contributed by atoms with Gasteiger partial charge in [0.2, 0.25) is 0 Å². The molecule has 11 heteroatoms. The zero-order valence-corrected chi connectivity index (χ0v) is 16.3. The number of benzene rings is 2. The van der Waals surface area contributed by atoms with Gasteiger partial charge in [0, 0.05) is 5.69 Å². The average Bonchev–Trinajstić information content (AvgIpc) is 2.93. The number of imide groups is 1. The Hall–Kier alpha value is -3.60. The molecule has 2 aromatic carbocycles. The minimum atomic E-state index is -4.02. The molecule has 0 saturated carbocycles. The SMILES string of the molecule is COc1ccc(S(=O)(=O)Nc2ccc(C3(C)NC(=O)NC3=O)cc2)cc1C(N)=O. The summed E-state index contributed by atoms with van der Waals surface area (Å²) in [5.74, 6) is -1.17. The van der Waals surface area contributed by atoms with Gasteiger partial charge in [-0.3, -0.25) is 19.6 Å². The molecule has 1 unspecified atom stereocenters. The van der Waals surface area contributed by atoms with Crippen LogP contribution in [-0.4, -0.2) is 33.4 Å². The van der Waals surface area contributed by atoms with Gasteiger partial charge >= 0.3 is 6.03 Å². The Balaban J connectivity index is 1.86. The molecule has 0 spiro atoms. The molecule has 1 aliphatic rings. The van der Waals surface area contributed by atoms with Crippen LogP contribution in [-0.2, 0) is 20.4 Å². The maximum Gasteiger partial charge on any atom is 0.322 e. The Morgan fingerprint density at radius 1 is 1.14 bits per heavy atom. The summed E-state index contributed by atoms with van der Waals surface area (Å²) in [5, 5.41) is 4.68. The van der Waals surface area contributed by atoms with Crippen LogP contribution in [0.2, 0.25) is 0 Å². The van der Waals surface area contributed by atoms with Crippen LogP contribution in [0.3, 0.4) is 0 Å². The number of carbonyl (C=O) groups is 3. The van der Waals surface area contributed by atoms with Crippen molar-refractivity contribution in [3.8, 4) is 5.75 Å². The quantitative estimate of drug-likeness (QED) is 0.505. The number of primary amides is 1. The number of amides is 4. The predicted molar refractivity (Wildman–Crippen MR) is 103 cm³/mol. The van der Waals surface area contributed by atoms with E-state index in [0.29, 0.717) is 5.56 Å². The Bertz CT molecular complexity index is 1110. The van der Waals surface area contributed by atoms with Gasteiger partial charge in [0.25, 0.3) is 21.8 Å². The summed E-state index contributed by atoms with van der Waals surface area (Å²) in [5.41, 5.74) is 4.65. The van der Waals surface area contributed by atoms with E-state index in [1.165, 1.54) is 50.4 Å². The molecule has 10 nitrogen and oxygen atoms in total. The Kier molecular flexibility index (Phi) is 4.93. The predicted octanol–water partition coefficient (Wildman–Crippen LogP) is 0.649. The Morgan fingerprint density at radius 2 is 1.79 bits per heavy atom. The number of rotatable bonds is 6. The van der Waals surface area contributed by atoms with Gasteiger partial charge in [-0.15, -0.1) is 0 Å². The molecule has 2 aromatic rings. The molecule has 1 aliphatic heterocycles. The summed E-state index contributed by atoms with van der Waals surface area (Å²) in [6.45, 7) is 1.54. The third-order valence-corrected chi connectivity index (χ3v) is 5.88. The zero-order valence-electron chi connectivity index (χ0n) is 15.5. The van der Waals surface area contributed by atoms with E-state index < -0.39 is 33.4 Å². The number of ether oxygens (including phenoxy) is 1. The third kappa shape index (κ3) is 3.72. The van der Waals surface area contributed by atoms with Crippen molar-refractivity contribution >= 4 is 33.6 Å². The topological polar surface area (TPSA) is 157 Å². The lowest BCUT2D eigenvalue weighted by molar-refractivity contribution is -0.123. The summed E-state index contributed by atoms with van der Waals surface area (Å²) >= 11 is 0. The van der Waals surface area contributed by atoms with Gasteiger partial charge in [-0.05, 0) is 42.8 Å². The van der Waals surface area contributed by atoms with Gasteiger partial charge in [-0.2, -0.15) is 0 Å². The lowest BCUT2D eigenvalue weighted by atomic mass is 9.92. The fourth-order valence-electron chi connectivity index (χ4n) is 2.88. The second-order valence-corrected chi connectivity index (χ2v) is 8.12. The van der Waals surface area contributed by atoms with E-state index in [9.17, 15) is 22.8 Å². The molecule has 0 aromatic heterocycles. The van der Waals surface area contributed by atoms with Gasteiger partial charge in [0.05, 0.1) is 17.6 Å². The van der Waals surface area contributed by atoms with E-state index in [1.54, 1.807) is 0 Å². The highest BCUT2D eigenvalue weighted by atomic mass is 32.2. The average molecular weight is 418 g/mol. The van der Waals surface area contributed by atoms with E-state index in [0.717, 1.165) is 6.07 Å². The number of nitrogens with two attached hydrogens (primary N) is 1. The van der Waals surface area contributed by atoms with E-state index in [1.807, 2.05) is 0 Å². The molecule has 1 saturated heterocycles. The van der Waals surface area contributed by atoms with Crippen molar-refractivity contribution in [2.45, 2.75) is 17.4 Å². The van der Waals surface area contributed by atoms with Crippen LogP contribution >= 0.6 is 0 Å². The number of hydrogen-bond donors (Lipinski definition) is 4. The molecule has 1 fully saturated rings. The van der Waals surface area contributed by atoms with Crippen LogP contribution in [0, 0.1) is 0 Å². The number of nitrogens with one attached hydrogen (secondary N) is 3. The van der Waals surface area contributed by atoms with Crippen LogP contribution in [0.1, 0.15) is 22.8 Å². The number of carbonyl (C=O) groups excluding carboxylic acids is 3. The highest BCUT2D eigenvalue weighted by Crippen LogP contribution is 2.27. The largest absolute Gasteiger partial charge is 0.496 e. The first kappa shape index (κ1) is 20.1. The summed E-state index contributed by atoms with van der Waals surface area (Å²) in [6, 6.07) is 9.08. The van der Waals surface area contributed by atoms with Crippen molar-refractivity contribution in [3.05, 3.63) is 53.6 Å². The number of anilines is 1. The van der Waals surface area contributed by atoms with E-state index >= 15 is 0 Å². The van der Waals surface area contributed by atoms with Crippen molar-refractivity contribution in [1.82, 2.24) is 10.6 Å². The molecule has 3 rings (SSSR count). The first-order chi connectivity index (χ1) is 13.6. The molecule has 1 atom stereocenters. The highest BCUT2D eigenvalue weighted by Gasteiger charge is 2.43. The molecular formula is C18H18N4O6S. The summed E-state index contributed by atoms with van der Waals surface area (Å²) in [7, 11) is -2.69. The molecule has 1 heterocycles. The fourth-order valence-corrected chi connectivity index (χ4v) is 3.96. The van der Waals surface area contributed by atoms with Crippen molar-refractivity contribution in [3.63, 3.8) is 0 Å². The van der Waals surface area contributed by atoms with Crippen molar-refractivity contribution < 1.29 is 27.5 Å².